The van der Waals surface area contributed by atoms with Crippen LogP contribution in [0.1, 0.15) is 36.8 Å². The van der Waals surface area contributed by atoms with Gasteiger partial charge in [0.05, 0.1) is 17.3 Å². The van der Waals surface area contributed by atoms with Crippen molar-refractivity contribution in [3.05, 3.63) is 17.5 Å². The maximum Gasteiger partial charge on any atom is 0.254 e. The first-order chi connectivity index (χ1) is 6.38. The minimum Gasteiger partial charge on any atom is -0.355 e. The molecule has 0 unspecified atom stereocenters. The molecule has 1 heterocycles. The van der Waals surface area contributed by atoms with Gasteiger partial charge >= 0.3 is 0 Å². The molecule has 1 N–H and O–H groups in total. The molecule has 0 aromatic carbocycles. The molecule has 0 fully saturated rings. The molecule has 1 aromatic rings. The third kappa shape index (κ3) is 1.78. The standard InChI is InChI=1S/C10H17N3O/c1-7-8(9(14)11-5)6-12-13(7)10(2,3)4/h6H,1-5H3,(H,11,14). The molecule has 0 atom stereocenters. The maximum atomic E-state index is 11.4. The summed E-state index contributed by atoms with van der Waals surface area (Å²) >= 11 is 0. The molecule has 0 saturated heterocycles. The van der Waals surface area contributed by atoms with Crippen molar-refractivity contribution in [1.29, 1.82) is 0 Å². The maximum absolute atomic E-state index is 11.4. The Bertz CT molecular complexity index is 347. The van der Waals surface area contributed by atoms with E-state index in [9.17, 15) is 4.79 Å². The van der Waals surface area contributed by atoms with E-state index in [1.54, 1.807) is 13.2 Å². The second-order valence-electron chi connectivity index (χ2n) is 4.31. The Labute approximate surface area is 84.3 Å². The summed E-state index contributed by atoms with van der Waals surface area (Å²) in [4.78, 5) is 11.4. The van der Waals surface area contributed by atoms with Crippen LogP contribution >= 0.6 is 0 Å². The summed E-state index contributed by atoms with van der Waals surface area (Å²) < 4.78 is 1.86. The number of nitrogens with one attached hydrogen (secondary N) is 1. The monoisotopic (exact) mass is 195 g/mol. The summed E-state index contributed by atoms with van der Waals surface area (Å²) in [7, 11) is 1.62. The van der Waals surface area contributed by atoms with Crippen LogP contribution in [0.3, 0.4) is 0 Å². The number of aromatic nitrogens is 2. The van der Waals surface area contributed by atoms with E-state index in [2.05, 4.69) is 31.2 Å². The molecule has 0 spiro atoms. The van der Waals surface area contributed by atoms with Crippen LogP contribution in [0.15, 0.2) is 6.20 Å². The molecule has 1 amide bonds. The van der Waals surface area contributed by atoms with Gasteiger partial charge in [-0.15, -0.1) is 0 Å². The number of rotatable bonds is 1. The smallest absolute Gasteiger partial charge is 0.254 e. The Morgan fingerprint density at radius 1 is 1.50 bits per heavy atom. The van der Waals surface area contributed by atoms with E-state index < -0.39 is 0 Å². The van der Waals surface area contributed by atoms with Gasteiger partial charge in [-0.1, -0.05) is 0 Å². The predicted octanol–water partition coefficient (Wildman–Crippen LogP) is 1.31. The lowest BCUT2D eigenvalue weighted by molar-refractivity contribution is 0.0962. The Kier molecular flexibility index (Phi) is 2.64. The van der Waals surface area contributed by atoms with Gasteiger partial charge in [-0.3, -0.25) is 9.48 Å². The molecular weight excluding hydrogens is 178 g/mol. The number of hydrogen-bond donors (Lipinski definition) is 1. The quantitative estimate of drug-likeness (QED) is 0.734. The van der Waals surface area contributed by atoms with Gasteiger partial charge in [0, 0.05) is 12.7 Å². The first-order valence-electron chi connectivity index (χ1n) is 4.65. The Balaban J connectivity index is 3.15. The van der Waals surface area contributed by atoms with E-state index in [0.29, 0.717) is 5.56 Å². The molecule has 14 heavy (non-hydrogen) atoms. The van der Waals surface area contributed by atoms with Crippen molar-refractivity contribution < 1.29 is 4.79 Å². The minimum atomic E-state index is -0.0869. The van der Waals surface area contributed by atoms with Crippen LogP contribution in [0.25, 0.3) is 0 Å². The van der Waals surface area contributed by atoms with Gasteiger partial charge in [0.2, 0.25) is 0 Å². The highest BCUT2D eigenvalue weighted by Crippen LogP contribution is 2.17. The van der Waals surface area contributed by atoms with Crippen molar-refractivity contribution in [3.63, 3.8) is 0 Å². The topological polar surface area (TPSA) is 46.9 Å². The fraction of sp³-hybridized carbons (Fsp3) is 0.600. The molecule has 0 saturated carbocycles. The molecule has 0 aliphatic carbocycles. The average molecular weight is 195 g/mol. The van der Waals surface area contributed by atoms with Crippen LogP contribution in [-0.4, -0.2) is 22.7 Å². The zero-order valence-corrected chi connectivity index (χ0v) is 9.38. The average Bonchev–Trinajstić information content (AvgIpc) is 2.45. The SMILES string of the molecule is CNC(=O)c1cnn(C(C)(C)C)c1C. The van der Waals surface area contributed by atoms with Crippen molar-refractivity contribution in [2.75, 3.05) is 7.05 Å². The van der Waals surface area contributed by atoms with Gasteiger partial charge in [0.15, 0.2) is 0 Å². The van der Waals surface area contributed by atoms with E-state index in [1.807, 2.05) is 11.6 Å². The van der Waals surface area contributed by atoms with Gasteiger partial charge in [0.25, 0.3) is 5.91 Å². The van der Waals surface area contributed by atoms with E-state index in [0.717, 1.165) is 5.69 Å². The van der Waals surface area contributed by atoms with Gasteiger partial charge < -0.3 is 5.32 Å². The second-order valence-corrected chi connectivity index (χ2v) is 4.31. The molecule has 0 aliphatic rings. The number of amides is 1. The summed E-state index contributed by atoms with van der Waals surface area (Å²) in [6.07, 6.45) is 1.61. The lowest BCUT2D eigenvalue weighted by Crippen LogP contribution is -2.25. The number of hydrogen-bond acceptors (Lipinski definition) is 2. The zero-order valence-electron chi connectivity index (χ0n) is 9.38. The zero-order chi connectivity index (χ0) is 10.9. The molecule has 4 heteroatoms. The normalized spacial score (nSPS) is 11.5. The summed E-state index contributed by atoms with van der Waals surface area (Å²) in [6.45, 7) is 8.07. The van der Waals surface area contributed by atoms with E-state index in [1.165, 1.54) is 0 Å². The summed E-state index contributed by atoms with van der Waals surface area (Å²) in [5.74, 6) is -0.0852. The van der Waals surface area contributed by atoms with Crippen molar-refractivity contribution in [3.8, 4) is 0 Å². The molecule has 0 radical (unpaired) electrons. The minimum absolute atomic E-state index is 0.0852. The van der Waals surface area contributed by atoms with Crippen molar-refractivity contribution in [1.82, 2.24) is 15.1 Å². The molecule has 78 valence electrons. The Morgan fingerprint density at radius 3 is 2.43 bits per heavy atom. The Hall–Kier alpha value is -1.32. The van der Waals surface area contributed by atoms with E-state index >= 15 is 0 Å². The third-order valence-corrected chi connectivity index (χ3v) is 2.12. The van der Waals surface area contributed by atoms with Crippen LogP contribution < -0.4 is 5.32 Å². The van der Waals surface area contributed by atoms with Gasteiger partial charge in [0.1, 0.15) is 0 Å². The second kappa shape index (κ2) is 3.44. The summed E-state index contributed by atoms with van der Waals surface area (Å²) in [6, 6.07) is 0. The molecular formula is C10H17N3O. The first kappa shape index (κ1) is 10.8. The summed E-state index contributed by atoms with van der Waals surface area (Å²) in [5.41, 5.74) is 1.45. The molecule has 4 nitrogen and oxygen atoms in total. The van der Waals surface area contributed by atoms with Crippen molar-refractivity contribution >= 4 is 5.91 Å². The van der Waals surface area contributed by atoms with Crippen LogP contribution in [0.2, 0.25) is 0 Å². The molecule has 0 aliphatic heterocycles. The van der Waals surface area contributed by atoms with Crippen LogP contribution in [0, 0.1) is 6.92 Å². The number of carbonyl (C=O) groups is 1. The molecule has 1 aromatic heterocycles. The molecule has 0 bridgehead atoms. The third-order valence-electron chi connectivity index (χ3n) is 2.12. The highest BCUT2D eigenvalue weighted by molar-refractivity contribution is 5.94. The number of carbonyl (C=O) groups excluding carboxylic acids is 1. The van der Waals surface area contributed by atoms with Gasteiger partial charge in [-0.2, -0.15) is 5.10 Å². The summed E-state index contributed by atoms with van der Waals surface area (Å²) in [5, 5.41) is 6.81. The lowest BCUT2D eigenvalue weighted by atomic mass is 10.1. The van der Waals surface area contributed by atoms with Crippen LogP contribution in [0.5, 0.6) is 0 Å². The number of nitrogens with zero attached hydrogens (tertiary/aromatic N) is 2. The highest BCUT2D eigenvalue weighted by atomic mass is 16.1. The van der Waals surface area contributed by atoms with Gasteiger partial charge in [-0.05, 0) is 27.7 Å². The van der Waals surface area contributed by atoms with E-state index in [4.69, 9.17) is 0 Å². The fourth-order valence-corrected chi connectivity index (χ4v) is 1.44. The first-order valence-corrected chi connectivity index (χ1v) is 4.65. The van der Waals surface area contributed by atoms with Gasteiger partial charge in [-0.25, -0.2) is 0 Å². The Morgan fingerprint density at radius 2 is 2.07 bits per heavy atom. The lowest BCUT2D eigenvalue weighted by Gasteiger charge is -2.21. The van der Waals surface area contributed by atoms with Crippen LogP contribution in [-0.2, 0) is 5.54 Å². The van der Waals surface area contributed by atoms with Crippen molar-refractivity contribution in [2.24, 2.45) is 0 Å². The van der Waals surface area contributed by atoms with E-state index in [-0.39, 0.29) is 11.4 Å². The van der Waals surface area contributed by atoms with Crippen LogP contribution in [0.4, 0.5) is 0 Å². The fourth-order valence-electron chi connectivity index (χ4n) is 1.44. The molecule has 1 rings (SSSR count). The predicted molar refractivity (Wildman–Crippen MR) is 55.4 cm³/mol. The van der Waals surface area contributed by atoms with Crippen molar-refractivity contribution in [2.45, 2.75) is 33.2 Å². The largest absolute Gasteiger partial charge is 0.355 e. The highest BCUT2D eigenvalue weighted by Gasteiger charge is 2.20.